The number of amides is 2. The number of benzene rings is 2. The lowest BCUT2D eigenvalue weighted by molar-refractivity contribution is -0.136. The molecule has 2 aromatic carbocycles. The predicted octanol–water partition coefficient (Wildman–Crippen LogP) is 3.64. The maximum Gasteiger partial charge on any atom is 0.329 e. The summed E-state index contributed by atoms with van der Waals surface area (Å²) in [6, 6.07) is 12.6. The molecule has 0 aliphatic carbocycles. The molecule has 0 saturated carbocycles. The van der Waals surface area contributed by atoms with Gasteiger partial charge in [-0.2, -0.15) is 5.10 Å². The summed E-state index contributed by atoms with van der Waals surface area (Å²) in [4.78, 5) is 23.7. The van der Waals surface area contributed by atoms with Crippen LogP contribution in [0.4, 0.5) is 5.69 Å². The van der Waals surface area contributed by atoms with Crippen LogP contribution < -0.4 is 15.5 Å². The van der Waals surface area contributed by atoms with Crippen molar-refractivity contribution >= 4 is 39.6 Å². The van der Waals surface area contributed by atoms with Crippen LogP contribution in [-0.2, 0) is 9.59 Å². The van der Waals surface area contributed by atoms with Crippen LogP contribution in [0, 0.1) is 6.92 Å². The lowest BCUT2D eigenvalue weighted by Gasteiger charge is -2.08. The summed E-state index contributed by atoms with van der Waals surface area (Å²) in [7, 11) is 0. The van der Waals surface area contributed by atoms with Crippen molar-refractivity contribution in [2.45, 2.75) is 20.3 Å². The molecule has 0 unspecified atom stereocenters. The van der Waals surface area contributed by atoms with Gasteiger partial charge in [0.05, 0.1) is 12.8 Å². The standard InChI is InChI=1S/C19H20BrN3O3/c1-3-10-26-17-9-6-15(20)11-14(17)12-21-23-19(25)18(24)22-16-7-4-13(2)5-8-16/h4-9,11-12H,3,10H2,1-2H3,(H,22,24)(H,23,25)/b21-12-. The molecule has 0 saturated heterocycles. The minimum absolute atomic E-state index is 0.543. The average molecular weight is 418 g/mol. The van der Waals surface area contributed by atoms with Crippen LogP contribution in [0.1, 0.15) is 24.5 Å². The number of rotatable bonds is 6. The SMILES string of the molecule is CCCOc1ccc(Br)cc1/C=N\NC(=O)C(=O)Nc1ccc(C)cc1. The number of halogens is 1. The normalized spacial score (nSPS) is 10.6. The maximum atomic E-state index is 11.9. The van der Waals surface area contributed by atoms with Crippen molar-refractivity contribution in [3.63, 3.8) is 0 Å². The third-order valence-corrected chi connectivity index (χ3v) is 3.81. The molecule has 0 spiro atoms. The molecule has 0 radical (unpaired) electrons. The van der Waals surface area contributed by atoms with Crippen molar-refractivity contribution in [3.05, 3.63) is 58.1 Å². The molecule has 2 N–H and O–H groups in total. The first-order valence-electron chi connectivity index (χ1n) is 8.13. The van der Waals surface area contributed by atoms with E-state index in [4.69, 9.17) is 4.74 Å². The highest BCUT2D eigenvalue weighted by atomic mass is 79.9. The van der Waals surface area contributed by atoms with Crippen LogP contribution in [0.5, 0.6) is 5.75 Å². The number of anilines is 1. The number of carbonyl (C=O) groups excluding carboxylic acids is 2. The molecule has 2 rings (SSSR count). The van der Waals surface area contributed by atoms with Gasteiger partial charge in [-0.15, -0.1) is 0 Å². The number of aryl methyl sites for hydroxylation is 1. The van der Waals surface area contributed by atoms with E-state index < -0.39 is 11.8 Å². The molecule has 0 fully saturated rings. The van der Waals surface area contributed by atoms with Crippen molar-refractivity contribution < 1.29 is 14.3 Å². The summed E-state index contributed by atoms with van der Waals surface area (Å²) < 4.78 is 6.48. The molecule has 0 aliphatic rings. The zero-order chi connectivity index (χ0) is 18.9. The Labute approximate surface area is 160 Å². The largest absolute Gasteiger partial charge is 0.493 e. The van der Waals surface area contributed by atoms with Gasteiger partial charge in [0.15, 0.2) is 0 Å². The summed E-state index contributed by atoms with van der Waals surface area (Å²) >= 11 is 3.38. The van der Waals surface area contributed by atoms with E-state index >= 15 is 0 Å². The van der Waals surface area contributed by atoms with Gasteiger partial charge >= 0.3 is 11.8 Å². The minimum Gasteiger partial charge on any atom is -0.493 e. The summed E-state index contributed by atoms with van der Waals surface area (Å²) in [6.45, 7) is 4.53. The molecular formula is C19H20BrN3O3. The number of hydrogen-bond acceptors (Lipinski definition) is 4. The van der Waals surface area contributed by atoms with E-state index in [9.17, 15) is 9.59 Å². The number of nitrogens with one attached hydrogen (secondary N) is 2. The fraction of sp³-hybridized carbons (Fsp3) is 0.211. The van der Waals surface area contributed by atoms with Crippen LogP contribution in [0.2, 0.25) is 0 Å². The molecule has 2 aromatic rings. The lowest BCUT2D eigenvalue weighted by atomic mass is 10.2. The molecule has 0 heterocycles. The Bertz CT molecular complexity index is 804. The van der Waals surface area contributed by atoms with Gasteiger partial charge in [0.25, 0.3) is 0 Å². The van der Waals surface area contributed by atoms with Crippen molar-refractivity contribution in [1.82, 2.24) is 5.43 Å². The summed E-state index contributed by atoms with van der Waals surface area (Å²) in [5.74, 6) is -0.993. The number of nitrogens with zero attached hydrogens (tertiary/aromatic N) is 1. The van der Waals surface area contributed by atoms with Gasteiger partial charge in [-0.1, -0.05) is 40.5 Å². The second-order valence-corrected chi connectivity index (χ2v) is 6.47. The Morgan fingerprint density at radius 3 is 2.58 bits per heavy atom. The van der Waals surface area contributed by atoms with Crippen LogP contribution >= 0.6 is 15.9 Å². The van der Waals surface area contributed by atoms with Crippen LogP contribution in [0.15, 0.2) is 52.0 Å². The summed E-state index contributed by atoms with van der Waals surface area (Å²) in [5.41, 5.74) is 4.51. The summed E-state index contributed by atoms with van der Waals surface area (Å²) in [5, 5.41) is 6.35. The number of hydrazone groups is 1. The quantitative estimate of drug-likeness (QED) is 0.427. The first kappa shape index (κ1) is 19.7. The lowest BCUT2D eigenvalue weighted by Crippen LogP contribution is -2.32. The molecule has 2 amide bonds. The van der Waals surface area contributed by atoms with E-state index in [0.717, 1.165) is 16.5 Å². The highest BCUT2D eigenvalue weighted by Gasteiger charge is 2.12. The molecule has 0 aromatic heterocycles. The fourth-order valence-corrected chi connectivity index (χ4v) is 2.38. The Hall–Kier alpha value is -2.67. The van der Waals surface area contributed by atoms with Gasteiger partial charge in [-0.3, -0.25) is 9.59 Å². The molecule has 7 heteroatoms. The first-order chi connectivity index (χ1) is 12.5. The van der Waals surface area contributed by atoms with Crippen molar-refractivity contribution in [3.8, 4) is 5.75 Å². The van der Waals surface area contributed by atoms with Crippen LogP contribution in [0.25, 0.3) is 0 Å². The maximum absolute atomic E-state index is 11.9. The molecule has 136 valence electrons. The Balaban J connectivity index is 1.96. The fourth-order valence-electron chi connectivity index (χ4n) is 2.00. The zero-order valence-corrected chi connectivity index (χ0v) is 16.2. The van der Waals surface area contributed by atoms with Crippen LogP contribution in [-0.4, -0.2) is 24.6 Å². The highest BCUT2D eigenvalue weighted by molar-refractivity contribution is 9.10. The Morgan fingerprint density at radius 2 is 1.88 bits per heavy atom. The number of carbonyl (C=O) groups is 2. The smallest absolute Gasteiger partial charge is 0.329 e. The minimum atomic E-state index is -0.854. The van der Waals surface area contributed by atoms with E-state index in [2.05, 4.69) is 31.8 Å². The molecule has 0 bridgehead atoms. The third kappa shape index (κ3) is 6.00. The molecule has 6 nitrogen and oxygen atoms in total. The zero-order valence-electron chi connectivity index (χ0n) is 14.6. The number of hydrogen-bond donors (Lipinski definition) is 2. The van der Waals surface area contributed by atoms with E-state index in [1.165, 1.54) is 6.21 Å². The van der Waals surface area contributed by atoms with E-state index in [0.29, 0.717) is 23.6 Å². The monoisotopic (exact) mass is 417 g/mol. The first-order valence-corrected chi connectivity index (χ1v) is 8.92. The van der Waals surface area contributed by atoms with Crippen molar-refractivity contribution in [1.29, 1.82) is 0 Å². The van der Waals surface area contributed by atoms with E-state index in [-0.39, 0.29) is 0 Å². The van der Waals surface area contributed by atoms with Gasteiger partial charge in [-0.25, -0.2) is 5.43 Å². The van der Waals surface area contributed by atoms with Gasteiger partial charge in [0, 0.05) is 15.7 Å². The second-order valence-electron chi connectivity index (χ2n) is 5.55. The Morgan fingerprint density at radius 1 is 1.15 bits per heavy atom. The average Bonchev–Trinajstić information content (AvgIpc) is 2.62. The number of ether oxygens (including phenoxy) is 1. The van der Waals surface area contributed by atoms with Crippen LogP contribution in [0.3, 0.4) is 0 Å². The highest BCUT2D eigenvalue weighted by Crippen LogP contribution is 2.22. The second kappa shape index (κ2) is 9.72. The summed E-state index contributed by atoms with van der Waals surface area (Å²) in [6.07, 6.45) is 2.31. The van der Waals surface area contributed by atoms with Crippen molar-refractivity contribution in [2.75, 3.05) is 11.9 Å². The molecular weight excluding hydrogens is 398 g/mol. The molecule has 0 atom stereocenters. The van der Waals surface area contributed by atoms with Gasteiger partial charge in [-0.05, 0) is 43.7 Å². The van der Waals surface area contributed by atoms with Crippen molar-refractivity contribution in [2.24, 2.45) is 5.10 Å². The molecule has 0 aliphatic heterocycles. The topological polar surface area (TPSA) is 79.8 Å². The Kier molecular flexibility index (Phi) is 7.35. The van der Waals surface area contributed by atoms with Gasteiger partial charge < -0.3 is 10.1 Å². The third-order valence-electron chi connectivity index (χ3n) is 3.32. The van der Waals surface area contributed by atoms with Gasteiger partial charge in [0.2, 0.25) is 0 Å². The predicted molar refractivity (Wildman–Crippen MR) is 105 cm³/mol. The molecule has 26 heavy (non-hydrogen) atoms. The van der Waals surface area contributed by atoms with Gasteiger partial charge in [0.1, 0.15) is 5.75 Å². The van der Waals surface area contributed by atoms with E-state index in [1.807, 2.05) is 44.2 Å². The van der Waals surface area contributed by atoms with E-state index in [1.54, 1.807) is 12.1 Å².